The van der Waals surface area contributed by atoms with E-state index >= 15 is 13.2 Å². The van der Waals surface area contributed by atoms with E-state index < -0.39 is 82.2 Å². The van der Waals surface area contributed by atoms with E-state index in [9.17, 15) is 26.4 Å². The van der Waals surface area contributed by atoms with E-state index in [4.69, 9.17) is 0 Å². The number of nitrogens with zero attached hydrogens (tertiary/aromatic N) is 1. The smallest absolute Gasteiger partial charge is 0.283 e. The molecular weight excluding hydrogens is 510 g/mol. The molecule has 1 saturated carbocycles. The Balaban J connectivity index is 1.73. The molecule has 196 valence electrons. The normalized spacial score (nSPS) is 25.6. The highest BCUT2D eigenvalue weighted by Gasteiger charge is 2.58. The van der Waals surface area contributed by atoms with Gasteiger partial charge in [0.05, 0.1) is 18.3 Å². The predicted molar refractivity (Wildman–Crippen MR) is 120 cm³/mol. The van der Waals surface area contributed by atoms with Crippen molar-refractivity contribution in [2.75, 3.05) is 12.3 Å². The Hall–Kier alpha value is -2.60. The Bertz CT molecular complexity index is 1270. The van der Waals surface area contributed by atoms with Crippen LogP contribution in [0.4, 0.5) is 26.3 Å². The minimum atomic E-state index is -4.15. The topological polar surface area (TPSA) is 66.5 Å². The zero-order chi connectivity index (χ0) is 26.4. The summed E-state index contributed by atoms with van der Waals surface area (Å²) >= 11 is 0. The summed E-state index contributed by atoms with van der Waals surface area (Å²) in [4.78, 5) is 13.7. The average molecular weight is 535 g/mol. The van der Waals surface area contributed by atoms with Crippen molar-refractivity contribution in [3.05, 3.63) is 59.4 Å². The second-order valence-corrected chi connectivity index (χ2v) is 11.2. The highest BCUT2D eigenvalue weighted by Crippen LogP contribution is 2.40. The first-order chi connectivity index (χ1) is 16.8. The molecule has 0 radical (unpaired) electrons. The second kappa shape index (κ2) is 9.70. The van der Waals surface area contributed by atoms with Crippen molar-refractivity contribution in [2.45, 2.75) is 50.4 Å². The Morgan fingerprint density at radius 3 is 2.28 bits per heavy atom. The first-order valence-corrected chi connectivity index (χ1v) is 13.0. The molecule has 2 aromatic carbocycles. The zero-order valence-corrected chi connectivity index (χ0v) is 20.0. The van der Waals surface area contributed by atoms with E-state index in [-0.39, 0.29) is 29.5 Å². The number of halogens is 6. The van der Waals surface area contributed by atoms with Crippen LogP contribution in [0.1, 0.15) is 25.3 Å². The number of rotatable bonds is 7. The summed E-state index contributed by atoms with van der Waals surface area (Å²) < 4.78 is 113. The molecule has 12 heteroatoms. The number of nitrogens with one attached hydrogen (secondary N) is 1. The lowest BCUT2D eigenvalue weighted by Crippen LogP contribution is -2.53. The summed E-state index contributed by atoms with van der Waals surface area (Å²) in [6.45, 7) is 0.125. The maximum atomic E-state index is 15.5. The molecule has 2 atom stereocenters. The van der Waals surface area contributed by atoms with E-state index in [1.54, 1.807) is 0 Å². The Morgan fingerprint density at radius 2 is 1.67 bits per heavy atom. The summed E-state index contributed by atoms with van der Waals surface area (Å²) in [7, 11) is -4.15. The van der Waals surface area contributed by atoms with E-state index in [1.165, 1.54) is 31.2 Å². The van der Waals surface area contributed by atoms with Crippen LogP contribution in [0.2, 0.25) is 0 Å². The monoisotopic (exact) mass is 534 g/mol. The van der Waals surface area contributed by atoms with Crippen LogP contribution >= 0.6 is 0 Å². The molecule has 2 fully saturated rings. The van der Waals surface area contributed by atoms with E-state index in [0.717, 1.165) is 17.0 Å². The molecular formula is C24H24F6N2O3S. The van der Waals surface area contributed by atoms with Crippen molar-refractivity contribution in [3.63, 3.8) is 0 Å². The molecule has 1 heterocycles. The molecule has 1 saturated heterocycles. The molecule has 2 aromatic rings. The van der Waals surface area contributed by atoms with Crippen LogP contribution in [-0.2, 0) is 21.2 Å². The summed E-state index contributed by atoms with van der Waals surface area (Å²) in [5.74, 6) is -9.31. The molecule has 1 aliphatic carbocycles. The number of hydrogen-bond donors (Lipinski definition) is 1. The third-order valence-electron chi connectivity index (χ3n) is 6.77. The molecule has 2 aliphatic rings. The molecule has 1 amide bonds. The van der Waals surface area contributed by atoms with E-state index in [1.807, 2.05) is 4.72 Å². The van der Waals surface area contributed by atoms with Crippen LogP contribution in [0, 0.1) is 23.4 Å². The first kappa shape index (κ1) is 26.5. The van der Waals surface area contributed by atoms with Gasteiger partial charge >= 0.3 is 0 Å². The van der Waals surface area contributed by atoms with Crippen LogP contribution < -0.4 is 4.72 Å². The standard InChI is InChI=1S/C24H24F6N2O3S/c1-2-36(34,35)31-22-19(32(12-24(22,29)30)23(33)14-9-15(25)10-14)11-13-5-3-6-16(20(13)27)17-7-4-8-18(26)21(17)28/h3-8,14-15,19,22,31H,2,9-12H2,1H3/t14?,15?,19-,22+/m0/s1. The third-order valence-corrected chi connectivity index (χ3v) is 8.14. The number of alkyl halides is 3. The molecule has 0 aromatic heterocycles. The van der Waals surface area contributed by atoms with Crippen molar-refractivity contribution in [3.8, 4) is 11.1 Å². The fourth-order valence-electron chi connectivity index (χ4n) is 4.68. The minimum Gasteiger partial charge on any atom is -0.331 e. The van der Waals surface area contributed by atoms with Crippen LogP contribution in [-0.4, -0.2) is 55.7 Å². The van der Waals surface area contributed by atoms with Gasteiger partial charge in [-0.05, 0) is 37.8 Å². The van der Waals surface area contributed by atoms with Gasteiger partial charge in [-0.1, -0.05) is 30.3 Å². The molecule has 0 bridgehead atoms. The van der Waals surface area contributed by atoms with Crippen LogP contribution in [0.5, 0.6) is 0 Å². The molecule has 0 unspecified atom stereocenters. The maximum absolute atomic E-state index is 15.5. The number of sulfonamides is 1. The van der Waals surface area contributed by atoms with Gasteiger partial charge in [0.15, 0.2) is 11.6 Å². The zero-order valence-electron chi connectivity index (χ0n) is 19.2. The Labute approximate surface area is 204 Å². The van der Waals surface area contributed by atoms with Gasteiger partial charge in [-0.15, -0.1) is 0 Å². The number of amides is 1. The number of carbonyl (C=O) groups excluding carboxylic acids is 1. The lowest BCUT2D eigenvalue weighted by atomic mass is 9.82. The van der Waals surface area contributed by atoms with E-state index in [0.29, 0.717) is 0 Å². The van der Waals surface area contributed by atoms with Gasteiger partial charge in [0.1, 0.15) is 18.0 Å². The van der Waals surface area contributed by atoms with Gasteiger partial charge in [-0.2, -0.15) is 0 Å². The van der Waals surface area contributed by atoms with Crippen LogP contribution in [0.15, 0.2) is 36.4 Å². The summed E-state index contributed by atoms with van der Waals surface area (Å²) in [6, 6.07) is 3.37. The molecule has 5 nitrogen and oxygen atoms in total. The molecule has 0 spiro atoms. The Morgan fingerprint density at radius 1 is 1.06 bits per heavy atom. The third kappa shape index (κ3) is 4.97. The first-order valence-electron chi connectivity index (χ1n) is 11.4. The van der Waals surface area contributed by atoms with Crippen molar-refractivity contribution < 1.29 is 39.6 Å². The van der Waals surface area contributed by atoms with Crippen molar-refractivity contribution in [1.82, 2.24) is 9.62 Å². The van der Waals surface area contributed by atoms with Crippen LogP contribution in [0.3, 0.4) is 0 Å². The van der Waals surface area contributed by atoms with E-state index in [2.05, 4.69) is 0 Å². The SMILES string of the molecule is CCS(=O)(=O)N[C@@H]1[C@H](Cc2cccc(-c3cccc(F)c3F)c2F)N(C(=O)C2CC(F)C2)CC1(F)F. The highest BCUT2D eigenvalue weighted by molar-refractivity contribution is 7.89. The fourth-order valence-corrected chi connectivity index (χ4v) is 5.57. The minimum absolute atomic E-state index is 0.137. The van der Waals surface area contributed by atoms with Crippen molar-refractivity contribution in [1.29, 1.82) is 0 Å². The number of hydrogen-bond acceptors (Lipinski definition) is 3. The average Bonchev–Trinajstić information content (AvgIpc) is 3.04. The summed E-state index contributed by atoms with van der Waals surface area (Å²) in [5.41, 5.74) is -0.905. The highest BCUT2D eigenvalue weighted by atomic mass is 32.2. The van der Waals surface area contributed by atoms with Gasteiger partial charge < -0.3 is 4.90 Å². The second-order valence-electron chi connectivity index (χ2n) is 9.14. The van der Waals surface area contributed by atoms with Gasteiger partial charge in [0, 0.05) is 17.0 Å². The van der Waals surface area contributed by atoms with Gasteiger partial charge in [0.25, 0.3) is 5.92 Å². The number of benzene rings is 2. The fraction of sp³-hybridized carbons (Fsp3) is 0.458. The lowest BCUT2D eigenvalue weighted by Gasteiger charge is -2.35. The van der Waals surface area contributed by atoms with Crippen molar-refractivity contribution >= 4 is 15.9 Å². The number of likely N-dealkylation sites (tertiary alicyclic amines) is 1. The van der Waals surface area contributed by atoms with Gasteiger partial charge in [-0.25, -0.2) is 39.5 Å². The molecule has 4 rings (SSSR count). The quantitative estimate of drug-likeness (QED) is 0.542. The molecule has 36 heavy (non-hydrogen) atoms. The maximum Gasteiger partial charge on any atom is 0.283 e. The predicted octanol–water partition coefficient (Wildman–Crippen LogP) is 4.22. The summed E-state index contributed by atoms with van der Waals surface area (Å²) in [5, 5.41) is 0. The molecule has 1 aliphatic heterocycles. The van der Waals surface area contributed by atoms with Gasteiger partial charge in [0.2, 0.25) is 15.9 Å². The van der Waals surface area contributed by atoms with Crippen LogP contribution in [0.25, 0.3) is 11.1 Å². The molecule has 1 N–H and O–H groups in total. The van der Waals surface area contributed by atoms with Crippen molar-refractivity contribution in [2.24, 2.45) is 5.92 Å². The van der Waals surface area contributed by atoms with Gasteiger partial charge in [-0.3, -0.25) is 4.79 Å². The number of carbonyl (C=O) groups is 1. The Kier molecular flexibility index (Phi) is 7.13. The largest absolute Gasteiger partial charge is 0.331 e. The lowest BCUT2D eigenvalue weighted by molar-refractivity contribution is -0.142. The summed E-state index contributed by atoms with van der Waals surface area (Å²) in [6.07, 6.45) is -2.05.